The van der Waals surface area contributed by atoms with Crippen molar-refractivity contribution < 1.29 is 0 Å². The Morgan fingerprint density at radius 1 is 1.29 bits per heavy atom. The van der Waals surface area contributed by atoms with E-state index in [1.807, 2.05) is 12.1 Å². The molecule has 3 heteroatoms. The third-order valence-corrected chi connectivity index (χ3v) is 3.24. The van der Waals surface area contributed by atoms with Gasteiger partial charge in [0.05, 0.1) is 0 Å². The highest BCUT2D eigenvalue weighted by molar-refractivity contribution is 6.31. The molecule has 2 nitrogen and oxygen atoms in total. The van der Waals surface area contributed by atoms with Crippen molar-refractivity contribution in [3.05, 3.63) is 35.0 Å². The van der Waals surface area contributed by atoms with E-state index >= 15 is 0 Å². The van der Waals surface area contributed by atoms with Gasteiger partial charge in [-0.3, -0.25) is 0 Å². The van der Waals surface area contributed by atoms with Crippen LogP contribution < -0.4 is 5.32 Å². The van der Waals surface area contributed by atoms with E-state index in [0.29, 0.717) is 0 Å². The van der Waals surface area contributed by atoms with Crippen LogP contribution in [0.15, 0.2) is 24.4 Å². The first kappa shape index (κ1) is 12.5. The van der Waals surface area contributed by atoms with Gasteiger partial charge in [-0.15, -0.1) is 0 Å². The molecule has 0 aliphatic heterocycles. The van der Waals surface area contributed by atoms with Gasteiger partial charge in [-0.25, -0.2) is 0 Å². The smallest absolute Gasteiger partial charge is 0.0472 e. The first-order valence-electron chi connectivity index (χ1n) is 6.27. The molecule has 92 valence electrons. The first-order valence-corrected chi connectivity index (χ1v) is 6.65. The number of aromatic amines is 1. The molecular weight excluding hydrogens is 232 g/mol. The second kappa shape index (κ2) is 6.08. The summed E-state index contributed by atoms with van der Waals surface area (Å²) in [6.45, 7) is 4.24. The van der Waals surface area contributed by atoms with E-state index in [9.17, 15) is 0 Å². The van der Waals surface area contributed by atoms with Crippen molar-refractivity contribution in [1.29, 1.82) is 0 Å². The maximum atomic E-state index is 5.95. The highest BCUT2D eigenvalue weighted by atomic mass is 35.5. The molecule has 0 fully saturated rings. The lowest BCUT2D eigenvalue weighted by Gasteiger charge is -2.03. The maximum absolute atomic E-state index is 5.95. The number of H-pyrrole nitrogens is 1. The van der Waals surface area contributed by atoms with Crippen LogP contribution in [-0.4, -0.2) is 11.5 Å². The van der Waals surface area contributed by atoms with Gasteiger partial charge in [0.1, 0.15) is 0 Å². The van der Waals surface area contributed by atoms with Crippen molar-refractivity contribution in [2.24, 2.45) is 0 Å². The Bertz CT molecular complexity index is 476. The third-order valence-electron chi connectivity index (χ3n) is 3.00. The minimum atomic E-state index is 0.779. The number of benzene rings is 1. The lowest BCUT2D eigenvalue weighted by atomic mass is 10.2. The van der Waals surface area contributed by atoms with Crippen LogP contribution >= 0.6 is 11.6 Å². The van der Waals surface area contributed by atoms with Crippen molar-refractivity contribution in [2.45, 2.75) is 32.7 Å². The third kappa shape index (κ3) is 3.24. The SMILES string of the molecule is CCCCCNCc1c[nH]c2cc(Cl)ccc12. The minimum Gasteiger partial charge on any atom is -0.361 e. The van der Waals surface area contributed by atoms with E-state index in [-0.39, 0.29) is 0 Å². The summed E-state index contributed by atoms with van der Waals surface area (Å²) >= 11 is 5.95. The molecule has 2 N–H and O–H groups in total. The summed E-state index contributed by atoms with van der Waals surface area (Å²) in [6.07, 6.45) is 5.89. The number of halogens is 1. The lowest BCUT2D eigenvalue weighted by Crippen LogP contribution is -2.14. The molecule has 1 aromatic heterocycles. The Morgan fingerprint density at radius 3 is 3.00 bits per heavy atom. The molecular formula is C14H19ClN2. The zero-order valence-corrected chi connectivity index (χ0v) is 11.0. The molecule has 17 heavy (non-hydrogen) atoms. The fraction of sp³-hybridized carbons (Fsp3) is 0.429. The Labute approximate surface area is 107 Å². The van der Waals surface area contributed by atoms with Gasteiger partial charge >= 0.3 is 0 Å². The predicted molar refractivity (Wildman–Crippen MR) is 74.5 cm³/mol. The normalized spacial score (nSPS) is 11.2. The first-order chi connectivity index (χ1) is 8.31. The zero-order valence-electron chi connectivity index (χ0n) is 10.2. The van der Waals surface area contributed by atoms with Gasteiger partial charge in [-0.05, 0) is 30.7 Å². The number of nitrogens with one attached hydrogen (secondary N) is 2. The van der Waals surface area contributed by atoms with Gasteiger partial charge < -0.3 is 10.3 Å². The second-order valence-corrected chi connectivity index (χ2v) is 4.82. The summed E-state index contributed by atoms with van der Waals surface area (Å²) in [5, 5.41) is 5.52. The van der Waals surface area contributed by atoms with Crippen molar-refractivity contribution in [3.8, 4) is 0 Å². The van der Waals surface area contributed by atoms with E-state index < -0.39 is 0 Å². The highest BCUT2D eigenvalue weighted by Crippen LogP contribution is 2.21. The fourth-order valence-electron chi connectivity index (χ4n) is 2.03. The van der Waals surface area contributed by atoms with Crippen LogP contribution in [0.2, 0.25) is 5.02 Å². The van der Waals surface area contributed by atoms with E-state index in [0.717, 1.165) is 23.6 Å². The summed E-state index contributed by atoms with van der Waals surface area (Å²) in [4.78, 5) is 3.26. The van der Waals surface area contributed by atoms with Crippen LogP contribution in [0.25, 0.3) is 10.9 Å². The summed E-state index contributed by atoms with van der Waals surface area (Å²) < 4.78 is 0. The number of hydrogen-bond donors (Lipinski definition) is 2. The molecule has 0 aliphatic carbocycles. The molecule has 0 spiro atoms. The monoisotopic (exact) mass is 250 g/mol. The molecule has 0 amide bonds. The molecule has 1 heterocycles. The van der Waals surface area contributed by atoms with Gasteiger partial charge in [0.2, 0.25) is 0 Å². The van der Waals surface area contributed by atoms with E-state index in [2.05, 4.69) is 29.5 Å². The number of aromatic nitrogens is 1. The van der Waals surface area contributed by atoms with Crippen molar-refractivity contribution in [1.82, 2.24) is 10.3 Å². The van der Waals surface area contributed by atoms with Crippen molar-refractivity contribution in [3.63, 3.8) is 0 Å². The molecule has 0 bridgehead atoms. The van der Waals surface area contributed by atoms with E-state index in [4.69, 9.17) is 11.6 Å². The van der Waals surface area contributed by atoms with Crippen LogP contribution in [0.5, 0.6) is 0 Å². The summed E-state index contributed by atoms with van der Waals surface area (Å²) in [5.74, 6) is 0. The number of fused-ring (bicyclic) bond motifs is 1. The minimum absolute atomic E-state index is 0.779. The van der Waals surface area contributed by atoms with Crippen LogP contribution in [0.1, 0.15) is 31.7 Å². The standard InChI is InChI=1S/C14H19ClN2/c1-2-3-4-7-16-9-11-10-17-14-8-12(15)5-6-13(11)14/h5-6,8,10,16-17H,2-4,7,9H2,1H3. The molecule has 1 aromatic carbocycles. The van der Waals surface area contributed by atoms with Crippen molar-refractivity contribution >= 4 is 22.5 Å². The van der Waals surface area contributed by atoms with Crippen molar-refractivity contribution in [2.75, 3.05) is 6.54 Å². The fourth-order valence-corrected chi connectivity index (χ4v) is 2.20. The quantitative estimate of drug-likeness (QED) is 0.743. The van der Waals surface area contributed by atoms with Gasteiger partial charge in [0, 0.05) is 28.7 Å². The topological polar surface area (TPSA) is 27.8 Å². The zero-order chi connectivity index (χ0) is 12.1. The van der Waals surface area contributed by atoms with E-state index in [1.54, 1.807) is 0 Å². The van der Waals surface area contributed by atoms with Gasteiger partial charge in [-0.1, -0.05) is 37.4 Å². The highest BCUT2D eigenvalue weighted by Gasteiger charge is 2.03. The molecule has 2 aromatic rings. The lowest BCUT2D eigenvalue weighted by molar-refractivity contribution is 0.618. The number of hydrogen-bond acceptors (Lipinski definition) is 1. The summed E-state index contributed by atoms with van der Waals surface area (Å²) in [5.41, 5.74) is 2.43. The Morgan fingerprint density at radius 2 is 2.18 bits per heavy atom. The Balaban J connectivity index is 1.95. The Kier molecular flexibility index (Phi) is 4.46. The molecule has 0 atom stereocenters. The molecule has 2 rings (SSSR count). The van der Waals surface area contributed by atoms with Crippen LogP contribution in [0.4, 0.5) is 0 Å². The Hall–Kier alpha value is -0.990. The van der Waals surface area contributed by atoms with Crippen LogP contribution in [-0.2, 0) is 6.54 Å². The average molecular weight is 251 g/mol. The predicted octanol–water partition coefficient (Wildman–Crippen LogP) is 4.10. The molecule has 0 aliphatic rings. The maximum Gasteiger partial charge on any atom is 0.0472 e. The second-order valence-electron chi connectivity index (χ2n) is 4.39. The van der Waals surface area contributed by atoms with Crippen LogP contribution in [0, 0.1) is 0 Å². The summed E-state index contributed by atoms with van der Waals surface area (Å²) in [6, 6.07) is 5.99. The summed E-state index contributed by atoms with van der Waals surface area (Å²) in [7, 11) is 0. The van der Waals surface area contributed by atoms with Gasteiger partial charge in [-0.2, -0.15) is 0 Å². The number of rotatable bonds is 6. The average Bonchev–Trinajstić information content (AvgIpc) is 2.71. The van der Waals surface area contributed by atoms with E-state index in [1.165, 1.54) is 30.2 Å². The molecule has 0 saturated heterocycles. The van der Waals surface area contributed by atoms with Gasteiger partial charge in [0.15, 0.2) is 0 Å². The molecule has 0 radical (unpaired) electrons. The molecule has 0 unspecified atom stereocenters. The van der Waals surface area contributed by atoms with Gasteiger partial charge in [0.25, 0.3) is 0 Å². The molecule has 0 saturated carbocycles. The largest absolute Gasteiger partial charge is 0.361 e. The van der Waals surface area contributed by atoms with Crippen LogP contribution in [0.3, 0.4) is 0 Å². The number of unbranched alkanes of at least 4 members (excludes halogenated alkanes) is 2.